The predicted molar refractivity (Wildman–Crippen MR) is 82.3 cm³/mol. The van der Waals surface area contributed by atoms with Crippen LogP contribution in [0.4, 0.5) is 5.69 Å². The van der Waals surface area contributed by atoms with Gasteiger partial charge in [0, 0.05) is 37.8 Å². The summed E-state index contributed by atoms with van der Waals surface area (Å²) in [5.74, 6) is -0.0618. The third-order valence-electron chi connectivity index (χ3n) is 2.81. The molecule has 1 unspecified atom stereocenters. The van der Waals surface area contributed by atoms with Crippen molar-refractivity contribution in [1.29, 1.82) is 0 Å². The predicted octanol–water partition coefficient (Wildman–Crippen LogP) is 2.28. The summed E-state index contributed by atoms with van der Waals surface area (Å²) in [4.78, 5) is 14.1. The van der Waals surface area contributed by atoms with E-state index in [9.17, 15) is 4.79 Å². The first kappa shape index (κ1) is 16.0. The lowest BCUT2D eigenvalue weighted by molar-refractivity contribution is 0.0895. The summed E-state index contributed by atoms with van der Waals surface area (Å²) in [7, 11) is 5.58. The Hall–Kier alpha value is -1.07. The lowest BCUT2D eigenvalue weighted by atomic mass is 10.1. The van der Waals surface area contributed by atoms with Crippen molar-refractivity contribution in [3.63, 3.8) is 0 Å². The highest BCUT2D eigenvalue weighted by molar-refractivity contribution is 9.09. The smallest absolute Gasteiger partial charge is 0.251 e. The molecule has 0 bridgehead atoms. The largest absolute Gasteiger partial charge is 0.383 e. The van der Waals surface area contributed by atoms with Crippen LogP contribution in [0.3, 0.4) is 0 Å². The topological polar surface area (TPSA) is 41.6 Å². The number of halogens is 1. The molecule has 0 spiro atoms. The summed E-state index contributed by atoms with van der Waals surface area (Å²) in [5.41, 5.74) is 1.74. The monoisotopic (exact) mass is 328 g/mol. The minimum atomic E-state index is -0.0618. The average molecular weight is 329 g/mol. The van der Waals surface area contributed by atoms with E-state index in [-0.39, 0.29) is 11.9 Å². The van der Waals surface area contributed by atoms with Gasteiger partial charge in [0.15, 0.2) is 0 Å². The van der Waals surface area contributed by atoms with Crippen LogP contribution in [-0.4, -0.2) is 45.1 Å². The number of nitrogens with one attached hydrogen (secondary N) is 1. The number of carbonyl (C=O) groups is 1. The molecule has 5 heteroatoms. The summed E-state index contributed by atoms with van der Waals surface area (Å²) in [6, 6.07) is 7.58. The molecule has 0 aliphatic rings. The van der Waals surface area contributed by atoms with Gasteiger partial charge in [0.05, 0.1) is 12.6 Å². The summed E-state index contributed by atoms with van der Waals surface area (Å²) in [6.45, 7) is 0.521. The van der Waals surface area contributed by atoms with Crippen molar-refractivity contribution in [3.05, 3.63) is 29.8 Å². The summed E-state index contributed by atoms with van der Waals surface area (Å²) in [6.07, 6.45) is 0.843. The van der Waals surface area contributed by atoms with Gasteiger partial charge in [-0.2, -0.15) is 0 Å². The third-order valence-corrected chi connectivity index (χ3v) is 3.26. The summed E-state index contributed by atoms with van der Waals surface area (Å²) < 4.78 is 5.10. The molecule has 0 aliphatic carbocycles. The quantitative estimate of drug-likeness (QED) is 0.781. The van der Waals surface area contributed by atoms with E-state index in [0.717, 1.165) is 17.4 Å². The fourth-order valence-corrected chi connectivity index (χ4v) is 2.26. The zero-order chi connectivity index (χ0) is 14.3. The lowest BCUT2D eigenvalue weighted by Gasteiger charge is -2.17. The molecular formula is C14H21BrN2O2. The minimum absolute atomic E-state index is 0.0328. The normalized spacial score (nSPS) is 12.0. The summed E-state index contributed by atoms with van der Waals surface area (Å²) in [5, 5.41) is 3.81. The first-order valence-corrected chi connectivity index (χ1v) is 7.33. The van der Waals surface area contributed by atoms with Gasteiger partial charge in [0.25, 0.3) is 5.91 Å². The van der Waals surface area contributed by atoms with E-state index in [1.54, 1.807) is 7.11 Å². The van der Waals surface area contributed by atoms with Crippen LogP contribution in [-0.2, 0) is 4.74 Å². The number of methoxy groups -OCH3 is 1. The van der Waals surface area contributed by atoms with Crippen LogP contribution >= 0.6 is 15.9 Å². The Bertz CT molecular complexity index is 387. The zero-order valence-electron chi connectivity index (χ0n) is 11.6. The first-order chi connectivity index (χ1) is 9.08. The Balaban J connectivity index is 2.65. The molecule has 19 heavy (non-hydrogen) atoms. The number of benzene rings is 1. The Morgan fingerprint density at radius 2 is 2.00 bits per heavy atom. The van der Waals surface area contributed by atoms with Crippen LogP contribution in [0.2, 0.25) is 0 Å². The summed E-state index contributed by atoms with van der Waals surface area (Å²) >= 11 is 3.38. The molecule has 1 rings (SSSR count). The molecule has 1 amide bonds. The van der Waals surface area contributed by atoms with Gasteiger partial charge in [-0.05, 0) is 30.7 Å². The molecule has 4 nitrogen and oxygen atoms in total. The number of alkyl halides is 1. The van der Waals surface area contributed by atoms with Gasteiger partial charge in [-0.15, -0.1) is 0 Å². The Morgan fingerprint density at radius 3 is 2.47 bits per heavy atom. The van der Waals surface area contributed by atoms with Gasteiger partial charge in [-0.25, -0.2) is 0 Å². The number of amides is 1. The molecule has 106 valence electrons. The second-order valence-electron chi connectivity index (χ2n) is 4.54. The SMILES string of the molecule is COCC(CCBr)NC(=O)c1ccc(N(C)C)cc1. The van der Waals surface area contributed by atoms with Gasteiger partial charge in [-0.1, -0.05) is 15.9 Å². The number of hydrogen-bond acceptors (Lipinski definition) is 3. The molecule has 0 radical (unpaired) electrons. The molecule has 0 aromatic heterocycles. The number of carbonyl (C=O) groups excluding carboxylic acids is 1. The van der Waals surface area contributed by atoms with Gasteiger partial charge in [0.2, 0.25) is 0 Å². The fraction of sp³-hybridized carbons (Fsp3) is 0.500. The van der Waals surface area contributed by atoms with Crippen LogP contribution < -0.4 is 10.2 Å². The molecule has 1 aromatic carbocycles. The number of ether oxygens (including phenoxy) is 1. The number of nitrogens with zero attached hydrogens (tertiary/aromatic N) is 1. The highest BCUT2D eigenvalue weighted by Gasteiger charge is 2.13. The van der Waals surface area contributed by atoms with Crippen molar-refractivity contribution in [1.82, 2.24) is 5.32 Å². The van der Waals surface area contributed by atoms with Crippen molar-refractivity contribution in [2.75, 3.05) is 38.0 Å². The Kier molecular flexibility index (Phi) is 6.87. The van der Waals surface area contributed by atoms with Gasteiger partial charge >= 0.3 is 0 Å². The highest BCUT2D eigenvalue weighted by Crippen LogP contribution is 2.12. The molecule has 0 fully saturated rings. The van der Waals surface area contributed by atoms with E-state index >= 15 is 0 Å². The van der Waals surface area contributed by atoms with Gasteiger partial charge in [0.1, 0.15) is 0 Å². The first-order valence-electron chi connectivity index (χ1n) is 6.21. The molecule has 0 aliphatic heterocycles. The minimum Gasteiger partial charge on any atom is -0.383 e. The molecule has 1 N–H and O–H groups in total. The van der Waals surface area contributed by atoms with Crippen molar-refractivity contribution in [3.8, 4) is 0 Å². The molecule has 0 saturated heterocycles. The Morgan fingerprint density at radius 1 is 1.37 bits per heavy atom. The molecule has 1 aromatic rings. The van der Waals surface area contributed by atoms with Crippen LogP contribution in [0.5, 0.6) is 0 Å². The number of anilines is 1. The van der Waals surface area contributed by atoms with Crippen LogP contribution in [0.25, 0.3) is 0 Å². The third kappa shape index (κ3) is 5.20. The van der Waals surface area contributed by atoms with Gasteiger partial charge < -0.3 is 15.0 Å². The second kappa shape index (κ2) is 8.17. The standard InChI is InChI=1S/C14H21BrN2O2/c1-17(2)13-6-4-11(5-7-13)14(18)16-12(8-9-15)10-19-3/h4-7,12H,8-10H2,1-3H3,(H,16,18). The van der Waals surface area contributed by atoms with E-state index in [1.165, 1.54) is 0 Å². The maximum atomic E-state index is 12.1. The molecule has 0 saturated carbocycles. The molecule has 0 heterocycles. The van der Waals surface area contributed by atoms with Gasteiger partial charge in [-0.3, -0.25) is 4.79 Å². The molecular weight excluding hydrogens is 308 g/mol. The van der Waals surface area contributed by atoms with E-state index in [0.29, 0.717) is 12.2 Å². The van der Waals surface area contributed by atoms with Crippen molar-refractivity contribution < 1.29 is 9.53 Å². The average Bonchev–Trinajstić information content (AvgIpc) is 2.39. The van der Waals surface area contributed by atoms with Crippen LogP contribution in [0.1, 0.15) is 16.8 Å². The van der Waals surface area contributed by atoms with Crippen LogP contribution in [0.15, 0.2) is 24.3 Å². The highest BCUT2D eigenvalue weighted by atomic mass is 79.9. The number of rotatable bonds is 7. The lowest BCUT2D eigenvalue weighted by Crippen LogP contribution is -2.38. The van der Waals surface area contributed by atoms with E-state index in [4.69, 9.17) is 4.74 Å². The zero-order valence-corrected chi connectivity index (χ0v) is 13.2. The molecule has 1 atom stereocenters. The van der Waals surface area contributed by atoms with E-state index < -0.39 is 0 Å². The van der Waals surface area contributed by atoms with Crippen LogP contribution in [0, 0.1) is 0 Å². The fourth-order valence-electron chi connectivity index (χ4n) is 1.71. The number of hydrogen-bond donors (Lipinski definition) is 1. The Labute approximate surface area is 123 Å². The van der Waals surface area contributed by atoms with E-state index in [1.807, 2.05) is 43.3 Å². The van der Waals surface area contributed by atoms with Crippen molar-refractivity contribution in [2.45, 2.75) is 12.5 Å². The maximum Gasteiger partial charge on any atom is 0.251 e. The second-order valence-corrected chi connectivity index (χ2v) is 5.34. The van der Waals surface area contributed by atoms with Crippen molar-refractivity contribution in [2.24, 2.45) is 0 Å². The van der Waals surface area contributed by atoms with E-state index in [2.05, 4.69) is 21.2 Å². The maximum absolute atomic E-state index is 12.1. The van der Waals surface area contributed by atoms with Crippen molar-refractivity contribution >= 4 is 27.5 Å².